The van der Waals surface area contributed by atoms with Crippen LogP contribution in [0.1, 0.15) is 24.8 Å². The van der Waals surface area contributed by atoms with Gasteiger partial charge < -0.3 is 34.9 Å². The number of methoxy groups -OCH3 is 1. The van der Waals surface area contributed by atoms with E-state index in [4.69, 9.17) is 14.2 Å². The average molecular weight is 502 g/mol. The Bertz CT molecular complexity index is 1040. The second-order valence-corrected chi connectivity index (χ2v) is 9.01. The van der Waals surface area contributed by atoms with Gasteiger partial charge in [0.2, 0.25) is 5.91 Å². The second kappa shape index (κ2) is 12.2. The number of hydrogen-bond acceptors (Lipinski definition) is 6. The fraction of sp³-hybridized carbons (Fsp3) is 0.462. The molecule has 36 heavy (non-hydrogen) atoms. The topological polar surface area (TPSA) is 109 Å². The van der Waals surface area contributed by atoms with Crippen molar-refractivity contribution in [3.05, 3.63) is 59.9 Å². The molecular formula is C26H32FN3O6. The van der Waals surface area contributed by atoms with E-state index < -0.39 is 24.1 Å². The Labute approximate surface area is 209 Å². The van der Waals surface area contributed by atoms with Crippen molar-refractivity contribution < 1.29 is 33.3 Å². The van der Waals surface area contributed by atoms with Gasteiger partial charge in [0.15, 0.2) is 0 Å². The van der Waals surface area contributed by atoms with Crippen LogP contribution in [0.2, 0.25) is 0 Å². The SMILES string of the molecule is COc1ccccc1CNC(=O)C[C@@H]1CC[C@@H]2[C@H](COC[C@@H](O)CN2C(=O)Nc2ccc(F)cc2)O1. The summed E-state index contributed by atoms with van der Waals surface area (Å²) in [5.41, 5.74) is 1.33. The number of aliphatic hydroxyl groups is 1. The van der Waals surface area contributed by atoms with Gasteiger partial charge in [0.1, 0.15) is 17.7 Å². The quantitative estimate of drug-likeness (QED) is 0.562. The average Bonchev–Trinajstić information content (AvgIpc) is 2.87. The molecule has 4 rings (SSSR count). The van der Waals surface area contributed by atoms with Gasteiger partial charge >= 0.3 is 6.03 Å². The monoisotopic (exact) mass is 501 g/mol. The lowest BCUT2D eigenvalue weighted by Crippen LogP contribution is -2.58. The number of nitrogens with zero attached hydrogens (tertiary/aromatic N) is 1. The third-order valence-corrected chi connectivity index (χ3v) is 6.42. The number of amides is 3. The second-order valence-electron chi connectivity index (χ2n) is 9.01. The van der Waals surface area contributed by atoms with Crippen LogP contribution >= 0.6 is 0 Å². The lowest BCUT2D eigenvalue weighted by molar-refractivity contribution is -0.149. The maximum Gasteiger partial charge on any atom is 0.322 e. The molecule has 2 saturated heterocycles. The number of carbonyl (C=O) groups excluding carboxylic acids is 2. The summed E-state index contributed by atoms with van der Waals surface area (Å²) < 4.78 is 30.4. The molecule has 10 heteroatoms. The third-order valence-electron chi connectivity index (χ3n) is 6.42. The van der Waals surface area contributed by atoms with Gasteiger partial charge in [-0.2, -0.15) is 0 Å². The molecule has 0 radical (unpaired) electrons. The summed E-state index contributed by atoms with van der Waals surface area (Å²) in [6.07, 6.45) is -0.274. The van der Waals surface area contributed by atoms with Gasteiger partial charge in [-0.25, -0.2) is 9.18 Å². The molecule has 0 bridgehead atoms. The smallest absolute Gasteiger partial charge is 0.322 e. The van der Waals surface area contributed by atoms with Crippen LogP contribution in [0, 0.1) is 5.82 Å². The number of β-amino-alcohol motifs (C(OH)–C–C–N with tert-alkyl or cyclic N) is 1. The van der Waals surface area contributed by atoms with E-state index in [2.05, 4.69) is 10.6 Å². The summed E-state index contributed by atoms with van der Waals surface area (Å²) in [7, 11) is 1.59. The van der Waals surface area contributed by atoms with E-state index in [0.717, 1.165) is 5.56 Å². The van der Waals surface area contributed by atoms with Crippen LogP contribution < -0.4 is 15.4 Å². The Morgan fingerprint density at radius 2 is 1.92 bits per heavy atom. The standard InChI is InChI=1S/C26H32FN3O6/c1-34-23-5-3-2-4-17(23)13-28-25(32)12-21-10-11-22-24(36-21)16-35-15-20(31)14-30(22)26(33)29-19-8-6-18(27)7-9-19/h2-9,20-22,24,31H,10-16H2,1H3,(H,28,32)(H,29,33)/t20-,21-,22+,24-/m0/s1. The molecule has 3 N–H and O–H groups in total. The van der Waals surface area contributed by atoms with Gasteiger partial charge in [-0.3, -0.25) is 4.79 Å². The van der Waals surface area contributed by atoms with Crippen LogP contribution in [-0.2, 0) is 20.8 Å². The van der Waals surface area contributed by atoms with Gasteiger partial charge in [-0.05, 0) is 43.2 Å². The zero-order chi connectivity index (χ0) is 25.5. The van der Waals surface area contributed by atoms with E-state index in [1.54, 1.807) is 12.0 Å². The number of hydrogen-bond donors (Lipinski definition) is 3. The highest BCUT2D eigenvalue weighted by molar-refractivity contribution is 5.89. The first kappa shape index (κ1) is 25.9. The highest BCUT2D eigenvalue weighted by atomic mass is 19.1. The Morgan fingerprint density at radius 1 is 1.14 bits per heavy atom. The van der Waals surface area contributed by atoms with Crippen LogP contribution in [-0.4, -0.2) is 73.2 Å². The molecule has 0 unspecified atom stereocenters. The summed E-state index contributed by atoms with van der Waals surface area (Å²) in [5.74, 6) is 0.172. The van der Waals surface area contributed by atoms with E-state index in [9.17, 15) is 19.1 Å². The first-order valence-electron chi connectivity index (χ1n) is 12.1. The number of benzene rings is 2. The third kappa shape index (κ3) is 6.71. The van der Waals surface area contributed by atoms with Crippen molar-refractivity contribution in [1.29, 1.82) is 0 Å². The van der Waals surface area contributed by atoms with Gasteiger partial charge in [-0.1, -0.05) is 18.2 Å². The van der Waals surface area contributed by atoms with Gasteiger partial charge in [0.25, 0.3) is 0 Å². The first-order valence-corrected chi connectivity index (χ1v) is 12.1. The molecule has 0 aromatic heterocycles. The fourth-order valence-corrected chi connectivity index (χ4v) is 4.62. The highest BCUT2D eigenvalue weighted by Crippen LogP contribution is 2.28. The predicted molar refractivity (Wildman–Crippen MR) is 130 cm³/mol. The number of rotatable bonds is 6. The highest BCUT2D eigenvalue weighted by Gasteiger charge is 2.40. The summed E-state index contributed by atoms with van der Waals surface area (Å²) in [5, 5.41) is 16.0. The van der Waals surface area contributed by atoms with Crippen molar-refractivity contribution in [2.75, 3.05) is 32.2 Å². The number of fused-ring (bicyclic) bond motifs is 1. The molecule has 194 valence electrons. The molecule has 2 fully saturated rings. The van der Waals surface area contributed by atoms with Gasteiger partial charge in [0.05, 0.1) is 51.5 Å². The number of para-hydroxylation sites is 1. The van der Waals surface area contributed by atoms with Crippen molar-refractivity contribution >= 4 is 17.6 Å². The molecule has 3 amide bonds. The summed E-state index contributed by atoms with van der Waals surface area (Å²) in [6.45, 7) is 0.680. The Morgan fingerprint density at radius 3 is 2.69 bits per heavy atom. The summed E-state index contributed by atoms with van der Waals surface area (Å²) in [6, 6.07) is 12.2. The van der Waals surface area contributed by atoms with E-state index in [1.165, 1.54) is 24.3 Å². The Hall–Kier alpha value is -3.21. The Kier molecular flexibility index (Phi) is 8.74. The number of halogens is 1. The molecular weight excluding hydrogens is 469 g/mol. The normalized spacial score (nSPS) is 24.1. The molecule has 0 saturated carbocycles. The molecule has 2 heterocycles. The number of ether oxygens (including phenoxy) is 3. The molecule has 9 nitrogen and oxygen atoms in total. The lowest BCUT2D eigenvalue weighted by Gasteiger charge is -2.44. The largest absolute Gasteiger partial charge is 0.496 e. The van der Waals surface area contributed by atoms with Crippen LogP contribution in [0.25, 0.3) is 0 Å². The first-order chi connectivity index (χ1) is 17.4. The lowest BCUT2D eigenvalue weighted by atomic mass is 9.95. The molecule has 4 atom stereocenters. The number of urea groups is 1. The Balaban J connectivity index is 1.35. The minimum Gasteiger partial charge on any atom is -0.496 e. The maximum absolute atomic E-state index is 13.2. The number of carbonyl (C=O) groups is 2. The van der Waals surface area contributed by atoms with E-state index >= 15 is 0 Å². The zero-order valence-electron chi connectivity index (χ0n) is 20.2. The van der Waals surface area contributed by atoms with E-state index in [0.29, 0.717) is 30.8 Å². The van der Waals surface area contributed by atoms with Crippen LogP contribution in [0.15, 0.2) is 48.5 Å². The van der Waals surface area contributed by atoms with E-state index in [1.807, 2.05) is 24.3 Å². The molecule has 2 aliphatic heterocycles. The minimum absolute atomic E-state index is 0.0664. The predicted octanol–water partition coefficient (Wildman–Crippen LogP) is 2.68. The molecule has 2 aromatic rings. The molecule has 0 aliphatic carbocycles. The van der Waals surface area contributed by atoms with E-state index in [-0.39, 0.29) is 44.2 Å². The van der Waals surface area contributed by atoms with Crippen molar-refractivity contribution in [3.63, 3.8) is 0 Å². The van der Waals surface area contributed by atoms with Gasteiger partial charge in [-0.15, -0.1) is 0 Å². The van der Waals surface area contributed by atoms with Crippen molar-refractivity contribution in [2.45, 2.75) is 50.2 Å². The molecule has 0 spiro atoms. The maximum atomic E-state index is 13.2. The number of nitrogens with one attached hydrogen (secondary N) is 2. The summed E-state index contributed by atoms with van der Waals surface area (Å²) >= 11 is 0. The van der Waals surface area contributed by atoms with Crippen LogP contribution in [0.4, 0.5) is 14.9 Å². The molecule has 2 aromatic carbocycles. The molecule has 2 aliphatic rings. The van der Waals surface area contributed by atoms with Crippen LogP contribution in [0.3, 0.4) is 0 Å². The van der Waals surface area contributed by atoms with Crippen molar-refractivity contribution in [2.24, 2.45) is 0 Å². The zero-order valence-corrected chi connectivity index (χ0v) is 20.2. The summed E-state index contributed by atoms with van der Waals surface area (Å²) in [4.78, 5) is 27.3. The van der Waals surface area contributed by atoms with Crippen molar-refractivity contribution in [1.82, 2.24) is 10.2 Å². The number of anilines is 1. The van der Waals surface area contributed by atoms with Crippen molar-refractivity contribution in [3.8, 4) is 5.75 Å². The number of aliphatic hydroxyl groups excluding tert-OH is 1. The minimum atomic E-state index is -0.844. The fourth-order valence-electron chi connectivity index (χ4n) is 4.62. The van der Waals surface area contributed by atoms with Gasteiger partial charge in [0, 0.05) is 17.8 Å². The van der Waals surface area contributed by atoms with Crippen LogP contribution in [0.5, 0.6) is 5.75 Å².